The zero-order chi connectivity index (χ0) is 20.1. The Morgan fingerprint density at radius 2 is 1.86 bits per heavy atom. The van der Waals surface area contributed by atoms with Crippen LogP contribution in [0.2, 0.25) is 0 Å². The second-order valence-corrected chi connectivity index (χ2v) is 9.47. The molecule has 0 radical (unpaired) electrons. The van der Waals surface area contributed by atoms with Crippen molar-refractivity contribution < 1.29 is 9.13 Å². The largest absolute Gasteiger partial charge is 0.494 e. The van der Waals surface area contributed by atoms with Gasteiger partial charge in [0.2, 0.25) is 4.70 Å². The van der Waals surface area contributed by atoms with Crippen LogP contribution in [0.4, 0.5) is 10.1 Å². The van der Waals surface area contributed by atoms with E-state index in [1.165, 1.54) is 47.3 Å². The monoisotopic (exact) mass is 414 g/mol. The van der Waals surface area contributed by atoms with Gasteiger partial charge in [0, 0.05) is 36.7 Å². The summed E-state index contributed by atoms with van der Waals surface area (Å²) in [7, 11) is 1.88. The van der Waals surface area contributed by atoms with Crippen molar-refractivity contribution in [1.82, 2.24) is 4.98 Å². The van der Waals surface area contributed by atoms with Crippen molar-refractivity contribution in [1.29, 1.82) is 0 Å². The molecule has 154 valence electrons. The summed E-state index contributed by atoms with van der Waals surface area (Å²) >= 11 is 0. The highest BCUT2D eigenvalue weighted by Crippen LogP contribution is 2.34. The number of piperidine rings is 1. The van der Waals surface area contributed by atoms with E-state index in [1.54, 1.807) is 12.1 Å². The number of nitrogens with zero attached hydrogens (tertiary/aromatic N) is 2. The highest BCUT2D eigenvalue weighted by atomic mass is 32.2. The van der Waals surface area contributed by atoms with Crippen molar-refractivity contribution in [3.05, 3.63) is 53.1 Å². The number of halogens is 1. The lowest BCUT2D eigenvalue weighted by Gasteiger charge is -2.28. The first-order valence-electron chi connectivity index (χ1n) is 10.5. The molecule has 1 aliphatic heterocycles. The molecule has 4 rings (SSSR count). The maximum atomic E-state index is 13.0. The van der Waals surface area contributed by atoms with E-state index >= 15 is 0 Å². The summed E-state index contributed by atoms with van der Waals surface area (Å²) in [6.45, 7) is 2.94. The van der Waals surface area contributed by atoms with Gasteiger partial charge in [-0.05, 0) is 62.4 Å². The number of benzene rings is 2. The molecule has 1 atom stereocenters. The van der Waals surface area contributed by atoms with Crippen molar-refractivity contribution in [2.24, 2.45) is 4.99 Å². The highest BCUT2D eigenvalue weighted by molar-refractivity contribution is 7.34. The number of hydrogen-bond donors (Lipinski definition) is 1. The van der Waals surface area contributed by atoms with E-state index in [2.05, 4.69) is 33.1 Å². The molecule has 2 aromatic carbocycles. The van der Waals surface area contributed by atoms with Crippen LogP contribution >= 0.6 is 10.5 Å². The SMILES string of the molecule is CN=c1[nH]c2c(N3CCCCC3)cccc2[s+]1CCCCOc1ccc(F)cc1. The molecular formula is C23H29FN3OS+. The van der Waals surface area contributed by atoms with Crippen LogP contribution in [-0.2, 0) is 5.75 Å². The summed E-state index contributed by atoms with van der Waals surface area (Å²) in [4.78, 5) is 11.8. The van der Waals surface area contributed by atoms with Crippen LogP contribution < -0.4 is 14.4 Å². The van der Waals surface area contributed by atoms with Crippen molar-refractivity contribution in [2.45, 2.75) is 37.9 Å². The first-order valence-corrected chi connectivity index (χ1v) is 11.9. The molecule has 4 nitrogen and oxygen atoms in total. The summed E-state index contributed by atoms with van der Waals surface area (Å²) in [6.07, 6.45) is 5.93. The Bertz CT molecular complexity index is 1000. The van der Waals surface area contributed by atoms with Crippen LogP contribution in [0.5, 0.6) is 5.75 Å². The second kappa shape index (κ2) is 9.44. The summed E-state index contributed by atoms with van der Waals surface area (Å²) < 4.78 is 20.1. The number of para-hydroxylation sites is 1. The Hall–Kier alpha value is -2.34. The number of H-pyrrole nitrogens is 1. The van der Waals surface area contributed by atoms with Gasteiger partial charge >= 0.3 is 4.80 Å². The number of thiazole rings is 1. The maximum Gasteiger partial charge on any atom is 0.339 e. The molecule has 2 heterocycles. The van der Waals surface area contributed by atoms with Gasteiger partial charge in [-0.1, -0.05) is 6.07 Å². The van der Waals surface area contributed by atoms with Gasteiger partial charge in [0.1, 0.15) is 22.8 Å². The first kappa shape index (κ1) is 20.0. The number of anilines is 1. The van der Waals surface area contributed by atoms with Crippen LogP contribution in [0.1, 0.15) is 32.1 Å². The lowest BCUT2D eigenvalue weighted by Crippen LogP contribution is -2.29. The average molecular weight is 415 g/mol. The van der Waals surface area contributed by atoms with Crippen molar-refractivity contribution in [3.8, 4) is 5.75 Å². The minimum atomic E-state index is -0.235. The lowest BCUT2D eigenvalue weighted by atomic mass is 10.1. The minimum absolute atomic E-state index is 0.00127. The van der Waals surface area contributed by atoms with E-state index in [-0.39, 0.29) is 16.3 Å². The van der Waals surface area contributed by atoms with Gasteiger partial charge < -0.3 is 9.64 Å². The Kier molecular flexibility index (Phi) is 6.49. The number of nitrogens with one attached hydrogen (secondary N) is 1. The first-order chi connectivity index (χ1) is 14.3. The van der Waals surface area contributed by atoms with Crippen LogP contribution in [0.25, 0.3) is 10.2 Å². The molecule has 0 saturated carbocycles. The Morgan fingerprint density at radius 3 is 2.62 bits per heavy atom. The smallest absolute Gasteiger partial charge is 0.339 e. The number of aromatic nitrogens is 1. The Balaban J connectivity index is 1.43. The molecule has 1 fully saturated rings. The fourth-order valence-corrected chi connectivity index (χ4v) is 6.17. The molecule has 1 saturated heterocycles. The Morgan fingerprint density at radius 1 is 1.07 bits per heavy atom. The highest BCUT2D eigenvalue weighted by Gasteiger charge is 2.22. The summed E-state index contributed by atoms with van der Waals surface area (Å²) in [5.74, 6) is 1.56. The van der Waals surface area contributed by atoms with Gasteiger partial charge in [-0.25, -0.2) is 9.38 Å². The number of rotatable bonds is 7. The van der Waals surface area contributed by atoms with Gasteiger partial charge in [-0.3, -0.25) is 4.98 Å². The second-order valence-electron chi connectivity index (χ2n) is 7.46. The zero-order valence-corrected chi connectivity index (χ0v) is 17.8. The molecule has 3 aromatic rings. The molecule has 0 aliphatic carbocycles. The Labute approximate surface area is 174 Å². The number of hydrogen-bond acceptors (Lipinski definition) is 3. The van der Waals surface area contributed by atoms with Crippen molar-refractivity contribution >= 4 is 26.4 Å². The molecule has 6 heteroatoms. The zero-order valence-electron chi connectivity index (χ0n) is 17.0. The number of ether oxygens (including phenoxy) is 1. The topological polar surface area (TPSA) is 40.6 Å². The molecule has 1 N–H and O–H groups in total. The lowest BCUT2D eigenvalue weighted by molar-refractivity contribution is 0.308. The van der Waals surface area contributed by atoms with Crippen LogP contribution in [0.15, 0.2) is 47.5 Å². The number of aryl methyl sites for hydroxylation is 1. The van der Waals surface area contributed by atoms with Crippen molar-refractivity contribution in [2.75, 3.05) is 31.6 Å². The van der Waals surface area contributed by atoms with Gasteiger partial charge in [-0.2, -0.15) is 0 Å². The van der Waals surface area contributed by atoms with Gasteiger partial charge in [0.25, 0.3) is 0 Å². The summed E-state index contributed by atoms with van der Waals surface area (Å²) in [6, 6.07) is 12.9. The van der Waals surface area contributed by atoms with E-state index in [9.17, 15) is 4.39 Å². The molecular weight excluding hydrogens is 385 g/mol. The molecule has 1 unspecified atom stereocenters. The summed E-state index contributed by atoms with van der Waals surface area (Å²) in [5, 5.41) is 0. The van der Waals surface area contributed by atoms with Gasteiger partial charge in [0.15, 0.2) is 0 Å². The normalized spacial score (nSPS) is 15.9. The predicted molar refractivity (Wildman–Crippen MR) is 119 cm³/mol. The standard InChI is InChI=1S/C23H29FN3OS/c1-25-23-26-22-20(27-14-3-2-4-15-27)8-7-9-21(22)29(23)17-6-5-16-28-19-12-10-18(24)11-13-19/h7-13H,2-6,14-17H2,1H3,(H,25,26)/q+1. The molecule has 0 bridgehead atoms. The number of aromatic amines is 1. The third-order valence-corrected chi connectivity index (χ3v) is 7.78. The van der Waals surface area contributed by atoms with Gasteiger partial charge in [0.05, 0.1) is 12.3 Å². The molecule has 1 aliphatic rings. The third-order valence-electron chi connectivity index (χ3n) is 5.46. The van der Waals surface area contributed by atoms with Crippen LogP contribution in [0, 0.1) is 5.82 Å². The molecule has 0 amide bonds. The van der Waals surface area contributed by atoms with E-state index in [1.807, 2.05) is 7.05 Å². The maximum absolute atomic E-state index is 13.0. The number of unbranched alkanes of at least 4 members (excludes halogenated alkanes) is 1. The molecule has 1 aromatic heterocycles. The van der Waals surface area contributed by atoms with Crippen molar-refractivity contribution in [3.63, 3.8) is 0 Å². The van der Waals surface area contributed by atoms with Crippen LogP contribution in [0.3, 0.4) is 0 Å². The predicted octanol–water partition coefficient (Wildman–Crippen LogP) is 5.44. The number of fused-ring (bicyclic) bond motifs is 1. The minimum Gasteiger partial charge on any atom is -0.494 e. The van der Waals surface area contributed by atoms with E-state index in [4.69, 9.17) is 4.74 Å². The molecule has 29 heavy (non-hydrogen) atoms. The fraction of sp³-hybridized carbons (Fsp3) is 0.435. The third kappa shape index (κ3) is 4.64. The van der Waals surface area contributed by atoms with E-state index < -0.39 is 0 Å². The summed E-state index contributed by atoms with van der Waals surface area (Å²) in [5.41, 5.74) is 2.60. The van der Waals surface area contributed by atoms with E-state index in [0.29, 0.717) is 6.61 Å². The molecule has 0 spiro atoms. The van der Waals surface area contributed by atoms with Crippen LogP contribution in [-0.4, -0.2) is 31.7 Å². The fourth-order valence-electron chi connectivity index (χ4n) is 3.96. The quantitative estimate of drug-likeness (QED) is 0.413. The van der Waals surface area contributed by atoms with E-state index in [0.717, 1.165) is 42.2 Å². The van der Waals surface area contributed by atoms with Gasteiger partial charge in [-0.15, -0.1) is 0 Å². The average Bonchev–Trinajstić information content (AvgIpc) is 3.13.